The van der Waals surface area contributed by atoms with Crippen LogP contribution in [-0.2, 0) is 16.0 Å². The van der Waals surface area contributed by atoms with E-state index in [1.54, 1.807) is 18.2 Å². The number of carbonyl (C=O) groups is 3. The Hall–Kier alpha value is -3.35. The second kappa shape index (κ2) is 11.5. The lowest BCUT2D eigenvalue weighted by atomic mass is 9.90. The fourth-order valence-electron chi connectivity index (χ4n) is 4.20. The second-order valence-corrected chi connectivity index (χ2v) is 8.51. The molecule has 3 amide bonds. The van der Waals surface area contributed by atoms with E-state index in [4.69, 9.17) is 4.74 Å². The van der Waals surface area contributed by atoms with Crippen LogP contribution in [0.4, 0.5) is 11.4 Å². The highest BCUT2D eigenvalue weighted by Gasteiger charge is 2.24. The zero-order valence-electron chi connectivity index (χ0n) is 19.6. The molecule has 0 atom stereocenters. The summed E-state index contributed by atoms with van der Waals surface area (Å²) in [6.07, 6.45) is 4.05. The van der Waals surface area contributed by atoms with Crippen molar-refractivity contribution >= 4 is 29.1 Å². The highest BCUT2D eigenvalue weighted by molar-refractivity contribution is 6.00. The third-order valence-corrected chi connectivity index (χ3v) is 5.80. The molecule has 2 N–H and O–H groups in total. The van der Waals surface area contributed by atoms with Gasteiger partial charge in [-0.3, -0.25) is 14.4 Å². The molecular weight excluding hydrogens is 418 g/mol. The van der Waals surface area contributed by atoms with Gasteiger partial charge in [-0.15, -0.1) is 0 Å². The highest BCUT2D eigenvalue weighted by atomic mass is 16.5. The Labute approximate surface area is 195 Å². The molecule has 0 aromatic heterocycles. The first-order valence-electron chi connectivity index (χ1n) is 11.6. The first-order chi connectivity index (χ1) is 15.8. The number of rotatable bonds is 8. The smallest absolute Gasteiger partial charge is 0.254 e. The summed E-state index contributed by atoms with van der Waals surface area (Å²) in [5.41, 5.74) is 2.74. The maximum absolute atomic E-state index is 13.1. The summed E-state index contributed by atoms with van der Waals surface area (Å²) in [6, 6.07) is 13.2. The van der Waals surface area contributed by atoms with Crippen molar-refractivity contribution in [3.05, 3.63) is 53.6 Å². The largest absolute Gasteiger partial charge is 0.494 e. The zero-order chi connectivity index (χ0) is 23.8. The normalized spacial score (nSPS) is 14.0. The summed E-state index contributed by atoms with van der Waals surface area (Å²) >= 11 is 0. The Morgan fingerprint density at radius 2 is 1.52 bits per heavy atom. The lowest BCUT2D eigenvalue weighted by Gasteiger charge is -2.32. The van der Waals surface area contributed by atoms with Crippen molar-refractivity contribution in [2.75, 3.05) is 30.3 Å². The maximum Gasteiger partial charge on any atom is 0.254 e. The monoisotopic (exact) mass is 451 g/mol. The van der Waals surface area contributed by atoms with Crippen LogP contribution in [-0.4, -0.2) is 42.3 Å². The molecule has 7 nitrogen and oxygen atoms in total. The highest BCUT2D eigenvalue weighted by Crippen LogP contribution is 2.26. The van der Waals surface area contributed by atoms with Crippen molar-refractivity contribution in [1.82, 2.24) is 4.90 Å². The maximum atomic E-state index is 13.1. The Kier molecular flexibility index (Phi) is 8.46. The quantitative estimate of drug-likeness (QED) is 0.619. The van der Waals surface area contributed by atoms with E-state index in [9.17, 15) is 14.4 Å². The lowest BCUT2D eigenvalue weighted by Crippen LogP contribution is -2.38. The van der Waals surface area contributed by atoms with Crippen LogP contribution in [0, 0.1) is 5.92 Å². The fraction of sp³-hybridized carbons (Fsp3) is 0.423. The van der Waals surface area contributed by atoms with Gasteiger partial charge in [-0.25, -0.2) is 0 Å². The van der Waals surface area contributed by atoms with E-state index >= 15 is 0 Å². The standard InChI is InChI=1S/C26H33N3O4/c1-4-33-25-9-7-20(8-10-25)5-6-21-11-13-29(14-12-21)26(32)22-15-23(27-18(2)30)17-24(16-22)28-19(3)31/h7-10,15-17,21H,4-6,11-14H2,1-3H3,(H,27,30)(H,28,31). The number of nitrogens with zero attached hydrogens (tertiary/aromatic N) is 1. The number of carbonyl (C=O) groups excluding carboxylic acids is 3. The SMILES string of the molecule is CCOc1ccc(CCC2CCN(C(=O)c3cc(NC(C)=O)cc(NC(C)=O)c3)CC2)cc1. The number of ether oxygens (including phenoxy) is 1. The zero-order valence-corrected chi connectivity index (χ0v) is 19.6. The molecule has 0 spiro atoms. The Morgan fingerprint density at radius 1 is 0.939 bits per heavy atom. The van der Waals surface area contributed by atoms with Gasteiger partial charge in [-0.05, 0) is 74.4 Å². The minimum atomic E-state index is -0.235. The van der Waals surface area contributed by atoms with Gasteiger partial charge in [0.1, 0.15) is 5.75 Å². The number of aryl methyl sites for hydroxylation is 1. The summed E-state index contributed by atoms with van der Waals surface area (Å²) in [7, 11) is 0. The minimum Gasteiger partial charge on any atom is -0.494 e. The molecule has 1 heterocycles. The lowest BCUT2D eigenvalue weighted by molar-refractivity contribution is -0.115. The predicted molar refractivity (Wildman–Crippen MR) is 130 cm³/mol. The summed E-state index contributed by atoms with van der Waals surface area (Å²) in [5, 5.41) is 5.40. The van der Waals surface area contributed by atoms with Gasteiger partial charge < -0.3 is 20.3 Å². The summed E-state index contributed by atoms with van der Waals surface area (Å²) < 4.78 is 5.50. The first-order valence-corrected chi connectivity index (χ1v) is 11.6. The Balaban J connectivity index is 1.56. The molecule has 3 rings (SSSR count). The van der Waals surface area contributed by atoms with Crippen LogP contribution in [0.3, 0.4) is 0 Å². The van der Waals surface area contributed by atoms with Gasteiger partial charge in [0.25, 0.3) is 5.91 Å². The molecule has 2 aromatic rings. The van der Waals surface area contributed by atoms with Gasteiger partial charge in [0, 0.05) is 43.9 Å². The average Bonchev–Trinajstić information content (AvgIpc) is 2.77. The van der Waals surface area contributed by atoms with Crippen molar-refractivity contribution < 1.29 is 19.1 Å². The molecule has 1 aliphatic heterocycles. The van der Waals surface area contributed by atoms with Crippen LogP contribution in [0.25, 0.3) is 0 Å². The van der Waals surface area contributed by atoms with Crippen molar-refractivity contribution in [2.45, 2.75) is 46.5 Å². The third-order valence-electron chi connectivity index (χ3n) is 5.80. The van der Waals surface area contributed by atoms with E-state index in [2.05, 4.69) is 22.8 Å². The summed E-state index contributed by atoms with van der Waals surface area (Å²) in [6.45, 7) is 6.87. The van der Waals surface area contributed by atoms with Crippen molar-refractivity contribution in [3.63, 3.8) is 0 Å². The van der Waals surface area contributed by atoms with Gasteiger partial charge in [0.2, 0.25) is 11.8 Å². The van der Waals surface area contributed by atoms with E-state index in [-0.39, 0.29) is 17.7 Å². The number of benzene rings is 2. The number of nitrogens with one attached hydrogen (secondary N) is 2. The molecule has 0 unspecified atom stereocenters. The van der Waals surface area contributed by atoms with Gasteiger partial charge in [0.15, 0.2) is 0 Å². The molecule has 176 valence electrons. The number of hydrogen-bond donors (Lipinski definition) is 2. The van der Waals surface area contributed by atoms with Gasteiger partial charge in [0.05, 0.1) is 6.61 Å². The molecule has 0 saturated carbocycles. The number of likely N-dealkylation sites (tertiary alicyclic amines) is 1. The van der Waals surface area contributed by atoms with Gasteiger partial charge in [-0.2, -0.15) is 0 Å². The van der Waals surface area contributed by atoms with E-state index in [1.165, 1.54) is 19.4 Å². The first kappa shape index (κ1) is 24.3. The molecule has 0 aliphatic carbocycles. The van der Waals surface area contributed by atoms with E-state index in [0.29, 0.717) is 42.6 Å². The average molecular weight is 452 g/mol. The molecule has 1 fully saturated rings. The van der Waals surface area contributed by atoms with Crippen LogP contribution in [0.5, 0.6) is 5.75 Å². The van der Waals surface area contributed by atoms with Crippen LogP contribution in [0.1, 0.15) is 56.0 Å². The minimum absolute atomic E-state index is 0.0845. The van der Waals surface area contributed by atoms with Crippen molar-refractivity contribution in [2.24, 2.45) is 5.92 Å². The molecule has 2 aromatic carbocycles. The number of hydrogen-bond acceptors (Lipinski definition) is 4. The number of amides is 3. The Morgan fingerprint density at radius 3 is 2.03 bits per heavy atom. The molecule has 0 radical (unpaired) electrons. The van der Waals surface area contributed by atoms with E-state index < -0.39 is 0 Å². The van der Waals surface area contributed by atoms with Crippen LogP contribution >= 0.6 is 0 Å². The predicted octanol–water partition coefficient (Wildman–Crippen LogP) is 4.49. The molecular formula is C26H33N3O4. The van der Waals surface area contributed by atoms with Crippen molar-refractivity contribution in [1.29, 1.82) is 0 Å². The van der Waals surface area contributed by atoms with Gasteiger partial charge >= 0.3 is 0 Å². The number of anilines is 2. The van der Waals surface area contributed by atoms with E-state index in [1.807, 2.05) is 24.0 Å². The Bertz CT molecular complexity index is 945. The molecule has 0 bridgehead atoms. The molecule has 7 heteroatoms. The second-order valence-electron chi connectivity index (χ2n) is 8.51. The summed E-state index contributed by atoms with van der Waals surface area (Å²) in [5.74, 6) is 0.931. The topological polar surface area (TPSA) is 87.7 Å². The van der Waals surface area contributed by atoms with Crippen molar-refractivity contribution in [3.8, 4) is 5.75 Å². The third kappa shape index (κ3) is 7.34. The molecule has 1 saturated heterocycles. The van der Waals surface area contributed by atoms with Crippen LogP contribution in [0.2, 0.25) is 0 Å². The number of piperidine rings is 1. The fourth-order valence-corrected chi connectivity index (χ4v) is 4.20. The van der Waals surface area contributed by atoms with Crippen LogP contribution in [0.15, 0.2) is 42.5 Å². The van der Waals surface area contributed by atoms with Gasteiger partial charge in [-0.1, -0.05) is 12.1 Å². The van der Waals surface area contributed by atoms with Crippen LogP contribution < -0.4 is 15.4 Å². The molecule has 33 heavy (non-hydrogen) atoms. The molecule has 1 aliphatic rings. The van der Waals surface area contributed by atoms with E-state index in [0.717, 1.165) is 31.4 Å². The summed E-state index contributed by atoms with van der Waals surface area (Å²) in [4.78, 5) is 37.9.